The van der Waals surface area contributed by atoms with Crippen LogP contribution in [0, 0.1) is 0 Å². The maximum Gasteiger partial charge on any atom is 1.00 e. The molecule has 4 N–H and O–H groups in total. The van der Waals surface area contributed by atoms with Crippen LogP contribution < -0.4 is 69.7 Å². The van der Waals surface area contributed by atoms with Crippen LogP contribution in [0.2, 0.25) is 0 Å². The summed E-state index contributed by atoms with van der Waals surface area (Å²) in [5.41, 5.74) is 0. The van der Waals surface area contributed by atoms with Gasteiger partial charge in [0.15, 0.2) is 0 Å². The molecule has 0 spiro atoms. The van der Waals surface area contributed by atoms with Crippen molar-refractivity contribution in [1.29, 1.82) is 0 Å². The standard InChI is InChI=1S/C6H12N2O4.2Na/c9-5(10)3-7-1-2-8-4-6(11)12;;/h7-8H,1-4H2,(H,9,10)(H,11,12);;/q;2*+1. The van der Waals surface area contributed by atoms with Crippen molar-refractivity contribution in [2.75, 3.05) is 26.2 Å². The van der Waals surface area contributed by atoms with E-state index in [-0.39, 0.29) is 72.2 Å². The summed E-state index contributed by atoms with van der Waals surface area (Å²) in [7, 11) is 0. The Kier molecular flexibility index (Phi) is 20.1. The van der Waals surface area contributed by atoms with Crippen LogP contribution in [0.1, 0.15) is 0 Å². The fourth-order valence-corrected chi connectivity index (χ4v) is 0.567. The molecule has 0 fully saturated rings. The van der Waals surface area contributed by atoms with Gasteiger partial charge in [0.05, 0.1) is 13.1 Å². The average Bonchev–Trinajstić information content (AvgIpc) is 1.95. The van der Waals surface area contributed by atoms with Crippen molar-refractivity contribution in [3.63, 3.8) is 0 Å². The molecule has 0 aliphatic rings. The summed E-state index contributed by atoms with van der Waals surface area (Å²) in [5, 5.41) is 21.6. The second-order valence-electron chi connectivity index (χ2n) is 2.14. The van der Waals surface area contributed by atoms with E-state index in [1.807, 2.05) is 0 Å². The number of carbonyl (C=O) groups is 2. The molecule has 70 valence electrons. The average molecular weight is 222 g/mol. The van der Waals surface area contributed by atoms with Crippen LogP contribution in [0.15, 0.2) is 0 Å². The van der Waals surface area contributed by atoms with Gasteiger partial charge in [-0.05, 0) is 0 Å². The van der Waals surface area contributed by atoms with Gasteiger partial charge in [-0.25, -0.2) is 0 Å². The Labute approximate surface area is 126 Å². The van der Waals surface area contributed by atoms with Gasteiger partial charge in [0, 0.05) is 13.1 Å². The molecule has 0 aromatic rings. The predicted molar refractivity (Wildman–Crippen MR) is 41.0 cm³/mol. The molecule has 0 amide bonds. The minimum absolute atomic E-state index is 0. The van der Waals surface area contributed by atoms with Gasteiger partial charge in [0.2, 0.25) is 0 Å². The summed E-state index contributed by atoms with van der Waals surface area (Å²) in [6.45, 7) is 0.683. The quantitative estimate of drug-likeness (QED) is 0.252. The van der Waals surface area contributed by atoms with Crippen LogP contribution in [0.3, 0.4) is 0 Å². The number of rotatable bonds is 7. The molecular weight excluding hydrogens is 210 g/mol. The molecule has 0 rings (SSSR count). The summed E-state index contributed by atoms with van der Waals surface area (Å²) >= 11 is 0. The second kappa shape index (κ2) is 13.9. The number of aliphatic carboxylic acids is 2. The third kappa shape index (κ3) is 18.6. The Morgan fingerprint density at radius 2 is 1.14 bits per heavy atom. The van der Waals surface area contributed by atoms with E-state index in [2.05, 4.69) is 10.6 Å². The second-order valence-corrected chi connectivity index (χ2v) is 2.14. The summed E-state index contributed by atoms with van der Waals surface area (Å²) in [6.07, 6.45) is 0. The van der Waals surface area contributed by atoms with Crippen LogP contribution in [0.5, 0.6) is 0 Å². The van der Waals surface area contributed by atoms with E-state index in [1.54, 1.807) is 0 Å². The van der Waals surface area contributed by atoms with E-state index in [0.29, 0.717) is 13.1 Å². The van der Waals surface area contributed by atoms with Crippen molar-refractivity contribution >= 4 is 11.9 Å². The predicted octanol–water partition coefficient (Wildman–Crippen LogP) is -7.66. The van der Waals surface area contributed by atoms with Crippen LogP contribution >= 0.6 is 0 Å². The molecule has 0 unspecified atom stereocenters. The Morgan fingerprint density at radius 1 is 0.857 bits per heavy atom. The van der Waals surface area contributed by atoms with Crippen LogP contribution in [-0.2, 0) is 9.59 Å². The summed E-state index contributed by atoms with van der Waals surface area (Å²) in [5.74, 6) is -1.85. The molecule has 0 aliphatic heterocycles. The SMILES string of the molecule is O=C(O)CNCCNCC(=O)O.[Na+].[Na+]. The van der Waals surface area contributed by atoms with Gasteiger partial charge < -0.3 is 20.8 Å². The van der Waals surface area contributed by atoms with Gasteiger partial charge in [-0.15, -0.1) is 0 Å². The summed E-state index contributed by atoms with van der Waals surface area (Å²) in [6, 6.07) is 0. The van der Waals surface area contributed by atoms with E-state index >= 15 is 0 Å². The van der Waals surface area contributed by atoms with Crippen molar-refractivity contribution < 1.29 is 78.9 Å². The van der Waals surface area contributed by atoms with Gasteiger partial charge in [-0.3, -0.25) is 9.59 Å². The molecule has 0 aliphatic carbocycles. The van der Waals surface area contributed by atoms with Crippen molar-refractivity contribution in [2.24, 2.45) is 0 Å². The Hall–Kier alpha value is 0.860. The van der Waals surface area contributed by atoms with E-state index in [1.165, 1.54) is 0 Å². The first-order chi connectivity index (χ1) is 5.63. The van der Waals surface area contributed by atoms with Gasteiger partial charge in [-0.2, -0.15) is 0 Å². The molecule has 6 nitrogen and oxygen atoms in total. The van der Waals surface area contributed by atoms with E-state index in [0.717, 1.165) is 0 Å². The molecular formula is C6H12N2Na2O4+2. The van der Waals surface area contributed by atoms with Gasteiger partial charge in [-0.1, -0.05) is 0 Å². The number of carboxylic acid groups (broad SMARTS) is 2. The molecule has 8 heteroatoms. The molecule has 0 saturated carbocycles. The Balaban J connectivity index is -0.000000605. The smallest absolute Gasteiger partial charge is 0.480 e. The fourth-order valence-electron chi connectivity index (χ4n) is 0.567. The van der Waals surface area contributed by atoms with Crippen LogP contribution in [0.25, 0.3) is 0 Å². The first-order valence-corrected chi connectivity index (χ1v) is 3.48. The van der Waals surface area contributed by atoms with Crippen LogP contribution in [0.4, 0.5) is 0 Å². The van der Waals surface area contributed by atoms with Crippen molar-refractivity contribution in [3.8, 4) is 0 Å². The van der Waals surface area contributed by atoms with E-state index in [9.17, 15) is 9.59 Å². The van der Waals surface area contributed by atoms with Gasteiger partial charge >= 0.3 is 71.1 Å². The molecule has 14 heavy (non-hydrogen) atoms. The Morgan fingerprint density at radius 3 is 1.36 bits per heavy atom. The third-order valence-corrected chi connectivity index (χ3v) is 1.03. The molecule has 0 bridgehead atoms. The minimum atomic E-state index is -0.923. The maximum absolute atomic E-state index is 9.96. The molecule has 0 aromatic carbocycles. The molecule has 0 radical (unpaired) electrons. The van der Waals surface area contributed by atoms with Crippen molar-refractivity contribution in [2.45, 2.75) is 0 Å². The Bertz CT molecular complexity index is 150. The molecule has 0 heterocycles. The number of carboxylic acids is 2. The maximum atomic E-state index is 9.96. The monoisotopic (exact) mass is 222 g/mol. The van der Waals surface area contributed by atoms with Gasteiger partial charge in [0.25, 0.3) is 0 Å². The first-order valence-electron chi connectivity index (χ1n) is 3.48. The van der Waals surface area contributed by atoms with Crippen LogP contribution in [-0.4, -0.2) is 48.3 Å². The largest absolute Gasteiger partial charge is 1.00 e. The minimum Gasteiger partial charge on any atom is -0.480 e. The summed E-state index contributed by atoms with van der Waals surface area (Å²) in [4.78, 5) is 19.9. The summed E-state index contributed by atoms with van der Waals surface area (Å²) < 4.78 is 0. The number of hydrogen-bond acceptors (Lipinski definition) is 4. The zero-order chi connectivity index (χ0) is 9.40. The number of hydrogen-bond donors (Lipinski definition) is 4. The molecule has 0 aromatic heterocycles. The van der Waals surface area contributed by atoms with Crippen molar-refractivity contribution in [1.82, 2.24) is 10.6 Å². The molecule has 0 atom stereocenters. The first kappa shape index (κ1) is 20.3. The third-order valence-electron chi connectivity index (χ3n) is 1.03. The van der Waals surface area contributed by atoms with E-state index in [4.69, 9.17) is 10.2 Å². The van der Waals surface area contributed by atoms with Gasteiger partial charge in [0.1, 0.15) is 0 Å². The fraction of sp³-hybridized carbons (Fsp3) is 0.667. The normalized spacial score (nSPS) is 8.29. The molecule has 0 saturated heterocycles. The topological polar surface area (TPSA) is 98.7 Å². The van der Waals surface area contributed by atoms with Crippen molar-refractivity contribution in [3.05, 3.63) is 0 Å². The van der Waals surface area contributed by atoms with E-state index < -0.39 is 11.9 Å². The number of nitrogens with one attached hydrogen (secondary N) is 2. The zero-order valence-electron chi connectivity index (χ0n) is 8.54. The zero-order valence-corrected chi connectivity index (χ0v) is 12.5.